The second-order valence-electron chi connectivity index (χ2n) is 3.12. The van der Waals surface area contributed by atoms with Crippen LogP contribution < -0.4 is 0 Å². The fourth-order valence-corrected chi connectivity index (χ4v) is 301. The van der Waals surface area contributed by atoms with Gasteiger partial charge in [0.1, 0.15) is 0 Å². The van der Waals surface area contributed by atoms with Crippen molar-refractivity contribution in [1.82, 2.24) is 0 Å². The number of hydrogen-bond donors (Lipinski definition) is 0. The molecule has 0 aliphatic carbocycles. The van der Waals surface area contributed by atoms with Crippen molar-refractivity contribution in [1.29, 1.82) is 0 Å². The lowest BCUT2D eigenvalue weighted by molar-refractivity contribution is 4.02. The molecule has 1 rings (SSSR count). The van der Waals surface area contributed by atoms with Gasteiger partial charge in [-0.2, -0.15) is 0 Å². The molecule has 1 saturated heterocycles. The van der Waals surface area contributed by atoms with Gasteiger partial charge in [0.25, 0.3) is 0 Å². The Morgan fingerprint density at radius 1 is 0.700 bits per heavy atom. The predicted octanol–water partition coefficient (Wildman–Crippen LogP) is -9.70. The van der Waals surface area contributed by atoms with Gasteiger partial charge < -0.3 is 0 Å². The van der Waals surface area contributed by atoms with Gasteiger partial charge in [-0.15, -0.1) is 0 Å². The summed E-state index contributed by atoms with van der Waals surface area (Å²) in [4.78, 5) is 0. The molecule has 0 spiro atoms. The molecule has 0 aromatic rings. The summed E-state index contributed by atoms with van der Waals surface area (Å²) < 4.78 is 0. The van der Waals surface area contributed by atoms with Crippen LogP contribution in [-0.2, 0) is 0 Å². The Bertz CT molecular complexity index is 34.4. The molecule has 10 heteroatoms. The third-order valence-electron chi connectivity index (χ3n) is 1.96. The quantitative estimate of drug-likeness (QED) is 0.445. The van der Waals surface area contributed by atoms with Crippen molar-refractivity contribution in [2.75, 3.05) is 0 Å². The first-order chi connectivity index (χ1) is 4.91. The molecule has 1 aliphatic rings. The van der Waals surface area contributed by atoms with E-state index >= 15 is 0 Å². The van der Waals surface area contributed by atoms with Crippen molar-refractivity contribution in [3.8, 4) is 0 Å². The molecular weight excluding hydrogens is 281 g/mol. The van der Waals surface area contributed by atoms with Crippen LogP contribution in [0.2, 0.25) is 0 Å². The lowest BCUT2D eigenvalue weighted by Crippen LogP contribution is -2.11. The molecule has 0 nitrogen and oxygen atoms in total. The Morgan fingerprint density at radius 2 is 1.00 bits per heavy atom. The van der Waals surface area contributed by atoms with Crippen molar-refractivity contribution < 1.29 is 0 Å². The maximum absolute atomic E-state index is 1.66. The fraction of sp³-hybridized carbons (Fsp3) is 0. The van der Waals surface area contributed by atoms with E-state index < -0.39 is 0 Å². The van der Waals surface area contributed by atoms with E-state index in [4.69, 9.17) is 0 Å². The second kappa shape index (κ2) is 11.2. The van der Waals surface area contributed by atoms with Crippen molar-refractivity contribution in [2.24, 2.45) is 0 Å². The van der Waals surface area contributed by atoms with Gasteiger partial charge >= 0.3 is 0 Å². The highest BCUT2D eigenvalue weighted by Gasteiger charge is 1.99. The number of hydrogen-bond acceptors (Lipinski definition) is 0. The molecule has 0 saturated carbocycles. The van der Waals surface area contributed by atoms with Gasteiger partial charge in [0.2, 0.25) is 0 Å². The van der Waals surface area contributed by atoms with Gasteiger partial charge in [-0.3, -0.25) is 0 Å². The summed E-state index contributed by atoms with van der Waals surface area (Å²) in [6.07, 6.45) is 0. The zero-order valence-electron chi connectivity index (χ0n) is 7.66. The van der Waals surface area contributed by atoms with Gasteiger partial charge in [-0.1, -0.05) is 0 Å². The minimum atomic E-state index is 0.788. The van der Waals surface area contributed by atoms with E-state index in [0.29, 0.717) is 0 Å². The van der Waals surface area contributed by atoms with Crippen molar-refractivity contribution in [3.05, 3.63) is 0 Å². The van der Waals surface area contributed by atoms with Crippen LogP contribution in [0, 0.1) is 0 Å². The monoisotopic (exact) mass is 302 g/mol. The van der Waals surface area contributed by atoms with Crippen LogP contribution in [0.5, 0.6) is 0 Å². The summed E-state index contributed by atoms with van der Waals surface area (Å²) in [6, 6.07) is 0. The van der Waals surface area contributed by atoms with Crippen LogP contribution in [0.15, 0.2) is 0 Å². The zero-order chi connectivity index (χ0) is 7.66. The number of rotatable bonds is 2. The Balaban J connectivity index is 0.000000162. The lowest BCUT2D eigenvalue weighted by Gasteiger charge is -1.74. The molecule has 0 radical (unpaired) electrons. The van der Waals surface area contributed by atoms with E-state index in [2.05, 4.69) is 0 Å². The van der Waals surface area contributed by atoms with Gasteiger partial charge in [0.15, 0.2) is 0 Å². The van der Waals surface area contributed by atoms with Gasteiger partial charge in [-0.05, 0) is 88.0 Å². The topological polar surface area (TPSA) is 0 Å². The Morgan fingerprint density at radius 3 is 1.10 bits per heavy atom. The van der Waals surface area contributed by atoms with Crippen molar-refractivity contribution >= 4 is 88.0 Å². The smallest absolute Gasteiger partial charge is 0.00934 e. The molecule has 62 valence electrons. The van der Waals surface area contributed by atoms with Gasteiger partial charge in [-0.25, -0.2) is 0 Å². The van der Waals surface area contributed by atoms with Crippen LogP contribution in [0.4, 0.5) is 0 Å². The zero-order valence-corrected chi connectivity index (χ0v) is 23.0. The largest absolute Gasteiger partial charge is 0.0120 e. The molecule has 0 N–H and O–H groups in total. The molecule has 0 aromatic carbocycles. The third-order valence-corrected chi connectivity index (χ3v) is 159. The molecule has 1 aliphatic heterocycles. The summed E-state index contributed by atoms with van der Waals surface area (Å²) in [6.45, 7) is 0. The minimum absolute atomic E-state index is 0.788. The van der Waals surface area contributed by atoms with Gasteiger partial charge in [0.05, 0.1) is 0 Å². The summed E-state index contributed by atoms with van der Waals surface area (Å²) in [5.74, 6) is 0. The average Bonchev–Trinajstić information content (AvgIpc) is 2.44. The maximum atomic E-state index is 1.66. The first-order valence-corrected chi connectivity index (χ1v) is 44.2. The molecular formula is H22Si10. The Labute approximate surface area is 87.4 Å². The molecule has 0 bridgehead atoms. The average molecular weight is 303 g/mol. The molecule has 1 heterocycles. The van der Waals surface area contributed by atoms with Crippen LogP contribution in [-0.4, -0.2) is 88.0 Å². The highest BCUT2D eigenvalue weighted by Crippen LogP contribution is 1.62. The highest BCUT2D eigenvalue weighted by molar-refractivity contribution is 7.76. The Hall–Kier alpha value is 2.17. The molecule has 1 fully saturated rings. The predicted molar refractivity (Wildman–Crippen MR) is 88.2 cm³/mol. The fourth-order valence-electron chi connectivity index (χ4n) is 1.24. The van der Waals surface area contributed by atoms with Crippen molar-refractivity contribution in [2.45, 2.75) is 0 Å². The van der Waals surface area contributed by atoms with E-state index in [1.165, 1.54) is 0 Å². The molecule has 10 heavy (non-hydrogen) atoms. The standard InChI is InChI=1S/H10Si5.H12Si5/c1-2-4-5-3-1;1-3-5-4-2/h1-5H2;3-5H2,1-2H3. The van der Waals surface area contributed by atoms with Crippen LogP contribution in [0.1, 0.15) is 0 Å². The van der Waals surface area contributed by atoms with E-state index in [1.54, 1.807) is 19.5 Å². The van der Waals surface area contributed by atoms with E-state index in [1.807, 2.05) is 0 Å². The van der Waals surface area contributed by atoms with Crippen LogP contribution in [0.25, 0.3) is 0 Å². The highest BCUT2D eigenvalue weighted by atomic mass is 30.1. The molecule has 0 aromatic heterocycles. The first kappa shape index (κ1) is 12.2. The normalized spacial score (nSPS) is 32.4. The summed E-state index contributed by atoms with van der Waals surface area (Å²) in [5, 5.41) is 0. The lowest BCUT2D eigenvalue weighted by atomic mass is 26.4. The van der Waals surface area contributed by atoms with E-state index in [-0.39, 0.29) is 0 Å². The molecule has 0 amide bonds. The van der Waals surface area contributed by atoms with E-state index in [0.717, 1.165) is 68.4 Å². The van der Waals surface area contributed by atoms with Gasteiger partial charge in [0, 0.05) is 0 Å². The summed E-state index contributed by atoms with van der Waals surface area (Å²) >= 11 is 0. The third kappa shape index (κ3) is 10.2. The Kier molecular flexibility index (Phi) is 13.6. The maximum Gasteiger partial charge on any atom is -0.00934 e. The van der Waals surface area contributed by atoms with E-state index in [9.17, 15) is 0 Å². The second-order valence-corrected chi connectivity index (χ2v) is 84.3. The minimum Gasteiger partial charge on any atom is -0.0120 e. The molecule has 0 atom stereocenters. The van der Waals surface area contributed by atoms with Crippen molar-refractivity contribution in [3.63, 3.8) is 0 Å². The van der Waals surface area contributed by atoms with Crippen LogP contribution in [0.3, 0.4) is 0 Å². The SMILES string of the molecule is [SiH2]1[SiH2][SiH2][SiH2][SiH2]1.[SiH3][SiH2][SiH2][SiH2][SiH3]. The summed E-state index contributed by atoms with van der Waals surface area (Å²) in [5.41, 5.74) is 0. The van der Waals surface area contributed by atoms with Crippen LogP contribution >= 0.6 is 0 Å². The summed E-state index contributed by atoms with van der Waals surface area (Å²) in [7, 11) is 10.4. The first-order valence-electron chi connectivity index (χ1n) is 4.91. The molecule has 0 unspecified atom stereocenters.